The van der Waals surface area contributed by atoms with Gasteiger partial charge in [-0.1, -0.05) is 36.4 Å². The maximum absolute atomic E-state index is 10.1. The lowest BCUT2D eigenvalue weighted by atomic mass is 9.68. The van der Waals surface area contributed by atoms with Crippen molar-refractivity contribution in [1.29, 1.82) is 10.5 Å². The summed E-state index contributed by atoms with van der Waals surface area (Å²) in [4.78, 5) is 11.7. The average Bonchev–Trinajstić information content (AvgIpc) is 3.86. The van der Waals surface area contributed by atoms with Crippen molar-refractivity contribution in [3.05, 3.63) is 70.8 Å². The minimum Gasteiger partial charge on any atom is -0.493 e. The predicted octanol–water partition coefficient (Wildman–Crippen LogP) is 3.69. The standard InChI is InChI=1S/2C19H20N2O4/c2*1-23-14-3-2-13-16-18(14)25-15-8-12(22)4-5-19(15,16)6-7-21-17(13)11(9-20)10-24-21/h2*2-5,11-12,15,17,22H,6-8,10H2,1H3. The highest BCUT2D eigenvalue weighted by atomic mass is 16.7. The van der Waals surface area contributed by atoms with Gasteiger partial charge in [-0.25, -0.2) is 0 Å². The van der Waals surface area contributed by atoms with Crippen molar-refractivity contribution >= 4 is 0 Å². The van der Waals surface area contributed by atoms with E-state index in [-0.39, 0.29) is 47.0 Å². The zero-order valence-electron chi connectivity index (χ0n) is 28.0. The molecule has 2 saturated heterocycles. The molecule has 0 amide bonds. The van der Waals surface area contributed by atoms with Crippen LogP contribution in [0.25, 0.3) is 0 Å². The van der Waals surface area contributed by atoms with Gasteiger partial charge < -0.3 is 29.2 Å². The molecule has 6 aliphatic heterocycles. The van der Waals surface area contributed by atoms with Gasteiger partial charge in [0.2, 0.25) is 0 Å². The Labute approximate surface area is 290 Å². The van der Waals surface area contributed by atoms with Gasteiger partial charge >= 0.3 is 0 Å². The average molecular weight is 681 g/mol. The van der Waals surface area contributed by atoms with Crippen molar-refractivity contribution in [3.8, 4) is 35.1 Å². The SMILES string of the molecule is COc1ccc2c3c1OC1CC(O)C=CC31CCN1OCC(C#N)C21.COc1ccc2c3c1OC1CC(O)C=CC31CCN1OCC(C#N)C21. The third kappa shape index (κ3) is 4.37. The molecule has 12 nitrogen and oxygen atoms in total. The summed E-state index contributed by atoms with van der Waals surface area (Å²) in [6, 6.07) is 12.5. The highest BCUT2D eigenvalue weighted by Crippen LogP contribution is 2.60. The van der Waals surface area contributed by atoms with Crippen LogP contribution in [0.3, 0.4) is 0 Å². The number of nitrogens with zero attached hydrogens (tertiary/aromatic N) is 4. The molecule has 8 aliphatic rings. The largest absolute Gasteiger partial charge is 0.493 e. The van der Waals surface area contributed by atoms with E-state index in [1.807, 2.05) is 46.5 Å². The van der Waals surface area contributed by atoms with Crippen molar-refractivity contribution < 1.29 is 38.8 Å². The molecule has 2 aromatic rings. The molecule has 12 heteroatoms. The van der Waals surface area contributed by atoms with Gasteiger partial charge in [-0.15, -0.1) is 0 Å². The number of fused-ring (bicyclic) bond motifs is 4. The van der Waals surface area contributed by atoms with E-state index in [0.29, 0.717) is 37.6 Å². The third-order valence-corrected chi connectivity index (χ3v) is 12.2. The number of rotatable bonds is 2. The first-order valence-electron chi connectivity index (χ1n) is 17.4. The second-order valence-electron chi connectivity index (χ2n) is 14.5. The minimum absolute atomic E-state index is 0.0911. The lowest BCUT2D eigenvalue weighted by Crippen LogP contribution is -2.42. The summed E-state index contributed by atoms with van der Waals surface area (Å²) in [7, 11) is 3.28. The summed E-state index contributed by atoms with van der Waals surface area (Å²) < 4.78 is 23.7. The van der Waals surface area contributed by atoms with E-state index in [1.54, 1.807) is 14.2 Å². The zero-order valence-corrected chi connectivity index (χ0v) is 28.0. The maximum Gasteiger partial charge on any atom is 0.166 e. The number of benzene rings is 2. The molecule has 2 aromatic carbocycles. The van der Waals surface area contributed by atoms with Crippen LogP contribution in [0.15, 0.2) is 48.6 Å². The number of methoxy groups -OCH3 is 2. The zero-order chi connectivity index (χ0) is 34.4. The quantitative estimate of drug-likeness (QED) is 0.446. The molecule has 0 saturated carbocycles. The van der Waals surface area contributed by atoms with Crippen molar-refractivity contribution in [2.75, 3.05) is 40.5 Å². The fraction of sp³-hybridized carbons (Fsp3) is 0.526. The van der Waals surface area contributed by atoms with Crippen LogP contribution in [0, 0.1) is 34.5 Å². The summed E-state index contributed by atoms with van der Waals surface area (Å²) >= 11 is 0. The number of hydroxylamine groups is 4. The lowest BCUT2D eigenvalue weighted by molar-refractivity contribution is -0.134. The Hall–Kier alpha value is -4.14. The predicted molar refractivity (Wildman–Crippen MR) is 176 cm³/mol. The number of aliphatic hydroxyl groups excluding tert-OH is 2. The van der Waals surface area contributed by atoms with E-state index in [4.69, 9.17) is 28.6 Å². The molecule has 0 bridgehead atoms. The first-order chi connectivity index (χ1) is 24.4. The van der Waals surface area contributed by atoms with Crippen molar-refractivity contribution in [2.45, 2.75) is 73.0 Å². The molecule has 10 unspecified atom stereocenters. The van der Waals surface area contributed by atoms with E-state index in [2.05, 4.69) is 24.3 Å². The molecular weight excluding hydrogens is 640 g/mol. The Morgan fingerprint density at radius 2 is 1.16 bits per heavy atom. The Balaban J connectivity index is 0.000000135. The summed E-state index contributed by atoms with van der Waals surface area (Å²) in [5, 5.41) is 43.3. The minimum atomic E-state index is -0.495. The first kappa shape index (κ1) is 31.8. The third-order valence-electron chi connectivity index (χ3n) is 12.2. The van der Waals surface area contributed by atoms with Crippen molar-refractivity contribution in [1.82, 2.24) is 10.1 Å². The van der Waals surface area contributed by atoms with Crippen LogP contribution >= 0.6 is 0 Å². The van der Waals surface area contributed by atoms with E-state index in [1.165, 1.54) is 0 Å². The molecular formula is C38H40N4O8. The monoisotopic (exact) mass is 680 g/mol. The highest BCUT2D eigenvalue weighted by molar-refractivity contribution is 5.63. The number of aliphatic hydroxyl groups is 2. The smallest absolute Gasteiger partial charge is 0.166 e. The Bertz CT molecular complexity index is 1740. The first-order valence-corrected chi connectivity index (χ1v) is 17.4. The van der Waals surface area contributed by atoms with Gasteiger partial charge in [0, 0.05) is 37.1 Å². The summed E-state index contributed by atoms with van der Waals surface area (Å²) in [5.74, 6) is 2.52. The Kier molecular flexibility index (Phi) is 7.45. The molecule has 0 radical (unpaired) electrons. The van der Waals surface area contributed by atoms with Gasteiger partial charge in [0.25, 0.3) is 0 Å². The fourth-order valence-corrected chi connectivity index (χ4v) is 9.83. The van der Waals surface area contributed by atoms with Gasteiger partial charge in [0.15, 0.2) is 23.0 Å². The van der Waals surface area contributed by atoms with Crippen LogP contribution in [0.5, 0.6) is 23.0 Å². The molecule has 2 aliphatic carbocycles. The van der Waals surface area contributed by atoms with Crippen LogP contribution in [-0.2, 0) is 20.5 Å². The maximum atomic E-state index is 10.1. The molecule has 2 N–H and O–H groups in total. The second-order valence-corrected chi connectivity index (χ2v) is 14.5. The second kappa shape index (κ2) is 11.7. The molecule has 2 spiro atoms. The van der Waals surface area contributed by atoms with Gasteiger partial charge in [-0.2, -0.15) is 20.7 Å². The molecule has 260 valence electrons. The highest BCUT2D eigenvalue weighted by Gasteiger charge is 2.58. The van der Waals surface area contributed by atoms with Crippen LogP contribution < -0.4 is 18.9 Å². The number of hydrogen-bond acceptors (Lipinski definition) is 12. The van der Waals surface area contributed by atoms with Crippen LogP contribution in [0.1, 0.15) is 60.0 Å². The van der Waals surface area contributed by atoms with Crippen molar-refractivity contribution in [2.24, 2.45) is 11.8 Å². The molecule has 10 atom stereocenters. The number of nitriles is 2. The van der Waals surface area contributed by atoms with Crippen LogP contribution in [0.4, 0.5) is 0 Å². The fourth-order valence-electron chi connectivity index (χ4n) is 9.83. The van der Waals surface area contributed by atoms with E-state index in [9.17, 15) is 20.7 Å². The van der Waals surface area contributed by atoms with Gasteiger partial charge in [-0.05, 0) is 36.1 Å². The van der Waals surface area contributed by atoms with Crippen LogP contribution in [-0.4, -0.2) is 85.3 Å². The normalized spacial score (nSPS) is 38.1. The van der Waals surface area contributed by atoms with Gasteiger partial charge in [0.05, 0.1) is 86.5 Å². The van der Waals surface area contributed by atoms with E-state index >= 15 is 0 Å². The molecule has 10 rings (SSSR count). The summed E-state index contributed by atoms with van der Waals surface area (Å²) in [5.41, 5.74) is 3.79. The van der Waals surface area contributed by atoms with Gasteiger partial charge in [-0.3, -0.25) is 9.68 Å². The molecule has 0 aromatic heterocycles. The topological polar surface area (TPSA) is 150 Å². The van der Waals surface area contributed by atoms with Crippen LogP contribution in [0.2, 0.25) is 0 Å². The molecule has 50 heavy (non-hydrogen) atoms. The molecule has 6 heterocycles. The van der Waals surface area contributed by atoms with E-state index in [0.717, 1.165) is 59.7 Å². The summed E-state index contributed by atoms with van der Waals surface area (Å²) in [6.45, 7) is 2.29. The number of ether oxygens (including phenoxy) is 4. The van der Waals surface area contributed by atoms with Gasteiger partial charge in [0.1, 0.15) is 12.2 Å². The van der Waals surface area contributed by atoms with Crippen molar-refractivity contribution in [3.63, 3.8) is 0 Å². The van der Waals surface area contributed by atoms with E-state index < -0.39 is 12.2 Å². The summed E-state index contributed by atoms with van der Waals surface area (Å²) in [6.07, 6.45) is 9.46. The molecule has 2 fully saturated rings. The Morgan fingerprint density at radius 1 is 0.720 bits per heavy atom. The number of hydrogen-bond donors (Lipinski definition) is 2. The lowest BCUT2D eigenvalue weighted by Gasteiger charge is -2.35. The Morgan fingerprint density at radius 3 is 1.56 bits per heavy atom.